The van der Waals surface area contributed by atoms with Gasteiger partial charge in [-0.3, -0.25) is 4.79 Å². The molecular weight excluding hydrogens is 291 g/mol. The fraction of sp³-hybridized carbons (Fsp3) is 0.222. The van der Waals surface area contributed by atoms with Gasteiger partial charge in [-0.15, -0.1) is 0 Å². The van der Waals surface area contributed by atoms with Crippen molar-refractivity contribution in [1.82, 2.24) is 0 Å². The van der Waals surface area contributed by atoms with E-state index in [0.29, 0.717) is 6.07 Å². The second-order valence-corrected chi connectivity index (χ2v) is 3.88. The van der Waals surface area contributed by atoms with Gasteiger partial charge in [-0.05, 0) is 15.9 Å². The SMILES string of the molecule is NC(CC(=O)O)c1c(F)cc(F)c(Br)c1F. The molecule has 0 fully saturated rings. The van der Waals surface area contributed by atoms with E-state index in [1.807, 2.05) is 0 Å². The van der Waals surface area contributed by atoms with Crippen molar-refractivity contribution in [2.24, 2.45) is 5.73 Å². The first-order valence-corrected chi connectivity index (χ1v) is 4.94. The molecule has 0 saturated heterocycles. The molecule has 1 atom stereocenters. The molecule has 0 aliphatic heterocycles. The summed E-state index contributed by atoms with van der Waals surface area (Å²) in [6, 6.07) is -0.918. The normalized spacial score (nSPS) is 12.6. The molecule has 0 aliphatic carbocycles. The van der Waals surface area contributed by atoms with Gasteiger partial charge < -0.3 is 10.8 Å². The van der Waals surface area contributed by atoms with Crippen molar-refractivity contribution in [1.29, 1.82) is 0 Å². The van der Waals surface area contributed by atoms with Gasteiger partial charge in [0.25, 0.3) is 0 Å². The van der Waals surface area contributed by atoms with Gasteiger partial charge in [0.15, 0.2) is 0 Å². The van der Waals surface area contributed by atoms with E-state index < -0.39 is 45.9 Å². The van der Waals surface area contributed by atoms with Crippen LogP contribution in [-0.2, 0) is 4.79 Å². The lowest BCUT2D eigenvalue weighted by Gasteiger charge is -2.13. The molecule has 1 aromatic rings. The lowest BCUT2D eigenvalue weighted by molar-refractivity contribution is -0.137. The minimum atomic E-state index is -1.37. The van der Waals surface area contributed by atoms with E-state index in [0.717, 1.165) is 0 Å². The van der Waals surface area contributed by atoms with Crippen molar-refractivity contribution in [3.8, 4) is 0 Å². The first-order chi connectivity index (χ1) is 7.34. The number of carbonyl (C=O) groups is 1. The number of carboxylic acids is 1. The molecule has 88 valence electrons. The molecule has 7 heteroatoms. The summed E-state index contributed by atoms with van der Waals surface area (Å²) < 4.78 is 38.9. The van der Waals surface area contributed by atoms with Gasteiger partial charge in [0.1, 0.15) is 17.5 Å². The molecule has 3 N–H and O–H groups in total. The summed E-state index contributed by atoms with van der Waals surface area (Å²) in [4.78, 5) is 10.3. The van der Waals surface area contributed by atoms with Gasteiger partial charge >= 0.3 is 5.97 Å². The highest BCUT2D eigenvalue weighted by atomic mass is 79.9. The summed E-state index contributed by atoms with van der Waals surface area (Å²) >= 11 is 2.58. The quantitative estimate of drug-likeness (QED) is 0.665. The third-order valence-corrected chi connectivity index (χ3v) is 2.64. The maximum absolute atomic E-state index is 13.4. The first kappa shape index (κ1) is 13.0. The molecule has 0 saturated carbocycles. The molecule has 0 heterocycles. The first-order valence-electron chi connectivity index (χ1n) is 4.14. The molecule has 0 aromatic heterocycles. The number of hydrogen-bond donors (Lipinski definition) is 2. The Morgan fingerprint density at radius 3 is 2.50 bits per heavy atom. The number of nitrogens with two attached hydrogens (primary N) is 1. The summed E-state index contributed by atoms with van der Waals surface area (Å²) in [5, 5.41) is 8.44. The van der Waals surface area contributed by atoms with Crippen molar-refractivity contribution in [3.05, 3.63) is 33.6 Å². The zero-order chi connectivity index (χ0) is 12.5. The average Bonchev–Trinajstić information content (AvgIpc) is 2.13. The predicted molar refractivity (Wildman–Crippen MR) is 53.2 cm³/mol. The van der Waals surface area contributed by atoms with Gasteiger partial charge in [0, 0.05) is 17.7 Å². The number of hydrogen-bond acceptors (Lipinski definition) is 2. The molecule has 16 heavy (non-hydrogen) atoms. The van der Waals surface area contributed by atoms with Crippen molar-refractivity contribution in [2.75, 3.05) is 0 Å². The van der Waals surface area contributed by atoms with Gasteiger partial charge in [-0.2, -0.15) is 0 Å². The summed E-state index contributed by atoms with van der Waals surface area (Å²) in [7, 11) is 0. The van der Waals surface area contributed by atoms with Crippen LogP contribution in [0.25, 0.3) is 0 Å². The highest BCUT2D eigenvalue weighted by molar-refractivity contribution is 9.10. The van der Waals surface area contributed by atoms with E-state index in [1.165, 1.54) is 0 Å². The Balaban J connectivity index is 3.23. The minimum Gasteiger partial charge on any atom is -0.481 e. The molecule has 1 aromatic carbocycles. The van der Waals surface area contributed by atoms with Crippen LogP contribution in [0.15, 0.2) is 10.5 Å². The van der Waals surface area contributed by atoms with E-state index in [9.17, 15) is 18.0 Å². The smallest absolute Gasteiger partial charge is 0.305 e. The zero-order valence-corrected chi connectivity index (χ0v) is 9.39. The van der Waals surface area contributed by atoms with Gasteiger partial charge in [0.2, 0.25) is 0 Å². The van der Waals surface area contributed by atoms with Gasteiger partial charge in [0.05, 0.1) is 10.9 Å². The van der Waals surface area contributed by atoms with Crippen molar-refractivity contribution in [3.63, 3.8) is 0 Å². The molecule has 3 nitrogen and oxygen atoms in total. The summed E-state index contributed by atoms with van der Waals surface area (Å²) in [5.74, 6) is -4.83. The second kappa shape index (κ2) is 4.84. The Morgan fingerprint density at radius 2 is 2.00 bits per heavy atom. The zero-order valence-electron chi connectivity index (χ0n) is 7.81. The number of rotatable bonds is 3. The monoisotopic (exact) mass is 297 g/mol. The topological polar surface area (TPSA) is 63.3 Å². The molecule has 0 bridgehead atoms. The molecular formula is C9H7BrF3NO2. The molecule has 0 spiro atoms. The summed E-state index contributed by atoms with van der Waals surface area (Å²) in [6.45, 7) is 0. The van der Waals surface area contributed by atoms with E-state index in [1.54, 1.807) is 0 Å². The van der Waals surface area contributed by atoms with Crippen LogP contribution < -0.4 is 5.73 Å². The predicted octanol–water partition coefficient (Wildman–Crippen LogP) is 2.34. The van der Waals surface area contributed by atoms with Crippen LogP contribution in [0.3, 0.4) is 0 Å². The number of aliphatic carboxylic acids is 1. The largest absolute Gasteiger partial charge is 0.481 e. The number of halogens is 4. The fourth-order valence-corrected chi connectivity index (χ4v) is 1.54. The highest BCUT2D eigenvalue weighted by Crippen LogP contribution is 2.29. The molecule has 1 unspecified atom stereocenters. The van der Waals surface area contributed by atoms with Crippen LogP contribution in [0.4, 0.5) is 13.2 Å². The lowest BCUT2D eigenvalue weighted by atomic mass is 10.0. The number of carboxylic acid groups (broad SMARTS) is 1. The van der Waals surface area contributed by atoms with Gasteiger partial charge in [-0.1, -0.05) is 0 Å². The van der Waals surface area contributed by atoms with Crippen LogP contribution in [0.5, 0.6) is 0 Å². The minimum absolute atomic E-state index is 0.449. The highest BCUT2D eigenvalue weighted by Gasteiger charge is 2.23. The Kier molecular flexibility index (Phi) is 3.93. The van der Waals surface area contributed by atoms with Crippen molar-refractivity contribution >= 4 is 21.9 Å². The van der Waals surface area contributed by atoms with E-state index in [-0.39, 0.29) is 0 Å². The van der Waals surface area contributed by atoms with Crippen LogP contribution in [0.2, 0.25) is 0 Å². The van der Waals surface area contributed by atoms with Crippen molar-refractivity contribution < 1.29 is 23.1 Å². The molecule has 0 aliphatic rings. The standard InChI is InChI=1S/C9H7BrF3NO2/c10-8-4(12)1-3(11)7(9(8)13)5(14)2-6(15)16/h1,5H,2,14H2,(H,15,16). The van der Waals surface area contributed by atoms with Crippen molar-refractivity contribution in [2.45, 2.75) is 12.5 Å². The van der Waals surface area contributed by atoms with Gasteiger partial charge in [-0.25, -0.2) is 13.2 Å². The maximum Gasteiger partial charge on any atom is 0.305 e. The van der Waals surface area contributed by atoms with E-state index in [2.05, 4.69) is 15.9 Å². The van der Waals surface area contributed by atoms with Crippen LogP contribution in [-0.4, -0.2) is 11.1 Å². The fourth-order valence-electron chi connectivity index (χ4n) is 1.21. The Bertz CT molecular complexity index is 439. The molecule has 0 amide bonds. The third kappa shape index (κ3) is 2.53. The number of benzene rings is 1. The second-order valence-electron chi connectivity index (χ2n) is 3.09. The Hall–Kier alpha value is -1.08. The Morgan fingerprint density at radius 1 is 1.44 bits per heavy atom. The Labute approximate surface area is 97.2 Å². The average molecular weight is 298 g/mol. The molecule has 0 radical (unpaired) electrons. The van der Waals surface area contributed by atoms with Crippen LogP contribution >= 0.6 is 15.9 Å². The third-order valence-electron chi connectivity index (χ3n) is 1.91. The summed E-state index contributed by atoms with van der Waals surface area (Å²) in [5.41, 5.74) is 4.67. The lowest BCUT2D eigenvalue weighted by Crippen LogP contribution is -2.18. The van der Waals surface area contributed by atoms with E-state index >= 15 is 0 Å². The summed E-state index contributed by atoms with van der Waals surface area (Å²) in [6.07, 6.45) is -0.647. The van der Waals surface area contributed by atoms with Crippen LogP contribution in [0.1, 0.15) is 18.0 Å². The van der Waals surface area contributed by atoms with Crippen LogP contribution in [0, 0.1) is 17.5 Å². The van der Waals surface area contributed by atoms with E-state index in [4.69, 9.17) is 10.8 Å². The molecule has 1 rings (SSSR count). The maximum atomic E-state index is 13.4.